The number of benzene rings is 1. The molecule has 0 aliphatic heterocycles. The number of carboxylic acid groups (broad SMARTS) is 1. The second-order valence-electron chi connectivity index (χ2n) is 4.58. The minimum Gasteiger partial charge on any atom is -0.481 e. The molecule has 0 saturated heterocycles. The van der Waals surface area contributed by atoms with Crippen LogP contribution in [0, 0.1) is 5.41 Å². The van der Waals surface area contributed by atoms with E-state index in [4.69, 9.17) is 9.52 Å². The van der Waals surface area contributed by atoms with Crippen LogP contribution in [0.25, 0.3) is 11.0 Å². The number of hydrogen-bond donors (Lipinski definition) is 2. The van der Waals surface area contributed by atoms with Crippen molar-refractivity contribution in [3.05, 3.63) is 30.5 Å². The summed E-state index contributed by atoms with van der Waals surface area (Å²) in [4.78, 5) is 11.0. The normalized spacial score (nSPS) is 16.9. The van der Waals surface area contributed by atoms with Crippen molar-refractivity contribution < 1.29 is 14.3 Å². The van der Waals surface area contributed by atoms with Gasteiger partial charge in [-0.25, -0.2) is 0 Å². The van der Waals surface area contributed by atoms with Crippen molar-refractivity contribution in [1.29, 1.82) is 0 Å². The third-order valence-corrected chi connectivity index (χ3v) is 3.41. The molecule has 3 rings (SSSR count). The minimum atomic E-state index is -0.710. The lowest BCUT2D eigenvalue weighted by atomic mass is 10.1. The van der Waals surface area contributed by atoms with Gasteiger partial charge in [0.1, 0.15) is 11.8 Å². The molecule has 0 spiro atoms. The van der Waals surface area contributed by atoms with Gasteiger partial charge in [-0.05, 0) is 25.0 Å². The summed E-state index contributed by atoms with van der Waals surface area (Å²) in [7, 11) is 0. The summed E-state index contributed by atoms with van der Waals surface area (Å²) >= 11 is 0. The molecule has 1 aromatic carbocycles. The van der Waals surface area contributed by atoms with Gasteiger partial charge in [0.05, 0.1) is 11.1 Å². The van der Waals surface area contributed by atoms with Crippen molar-refractivity contribution in [1.82, 2.24) is 0 Å². The summed E-state index contributed by atoms with van der Waals surface area (Å²) in [5.41, 5.74) is 1.13. The number of hydrogen-bond acceptors (Lipinski definition) is 3. The summed E-state index contributed by atoms with van der Waals surface area (Å²) in [6.45, 7) is 0.464. The van der Waals surface area contributed by atoms with Gasteiger partial charge < -0.3 is 14.8 Å². The smallest absolute Gasteiger partial charge is 0.311 e. The molecule has 2 N–H and O–H groups in total. The van der Waals surface area contributed by atoms with E-state index in [1.54, 1.807) is 6.26 Å². The van der Waals surface area contributed by atoms with Crippen LogP contribution in [-0.4, -0.2) is 17.6 Å². The molecule has 0 amide bonds. The quantitative estimate of drug-likeness (QED) is 0.849. The minimum absolute atomic E-state index is 0.464. The van der Waals surface area contributed by atoms with Crippen LogP contribution in [0.5, 0.6) is 0 Å². The van der Waals surface area contributed by atoms with E-state index in [0.717, 1.165) is 29.5 Å². The Morgan fingerprint density at radius 3 is 2.88 bits per heavy atom. The van der Waals surface area contributed by atoms with Gasteiger partial charge >= 0.3 is 5.97 Å². The Morgan fingerprint density at radius 1 is 1.41 bits per heavy atom. The molecule has 0 unspecified atom stereocenters. The fourth-order valence-corrected chi connectivity index (χ4v) is 2.00. The highest BCUT2D eigenvalue weighted by atomic mass is 16.4. The third-order valence-electron chi connectivity index (χ3n) is 3.41. The Balaban J connectivity index is 1.80. The van der Waals surface area contributed by atoms with Gasteiger partial charge in [-0.15, -0.1) is 0 Å². The number of aliphatic carboxylic acids is 1. The molecule has 1 aliphatic carbocycles. The summed E-state index contributed by atoms with van der Waals surface area (Å²) in [6.07, 6.45) is 3.15. The number of carbonyl (C=O) groups is 1. The first-order chi connectivity index (χ1) is 8.21. The van der Waals surface area contributed by atoms with E-state index in [2.05, 4.69) is 5.32 Å². The van der Waals surface area contributed by atoms with Gasteiger partial charge in [-0.1, -0.05) is 12.1 Å². The first-order valence-electron chi connectivity index (χ1n) is 5.65. The molecule has 17 heavy (non-hydrogen) atoms. The number of rotatable bonds is 4. The van der Waals surface area contributed by atoms with Crippen molar-refractivity contribution in [3.63, 3.8) is 0 Å². The Hall–Kier alpha value is -1.97. The Bertz CT molecular complexity index is 569. The van der Waals surface area contributed by atoms with Crippen molar-refractivity contribution in [2.75, 3.05) is 11.9 Å². The number of furan rings is 1. The van der Waals surface area contributed by atoms with Gasteiger partial charge in [0.2, 0.25) is 0 Å². The second-order valence-corrected chi connectivity index (χ2v) is 4.58. The van der Waals surface area contributed by atoms with E-state index in [-0.39, 0.29) is 0 Å². The van der Waals surface area contributed by atoms with Crippen molar-refractivity contribution in [3.8, 4) is 0 Å². The van der Waals surface area contributed by atoms with E-state index in [0.29, 0.717) is 6.54 Å². The number of nitrogens with one attached hydrogen (secondary N) is 1. The lowest BCUT2D eigenvalue weighted by molar-refractivity contribution is -0.142. The van der Waals surface area contributed by atoms with Crippen LogP contribution in [0.2, 0.25) is 0 Å². The predicted molar refractivity (Wildman–Crippen MR) is 64.0 cm³/mol. The molecular weight excluding hydrogens is 218 g/mol. The second kappa shape index (κ2) is 3.52. The number of anilines is 1. The standard InChI is InChI=1S/C13H13NO3/c15-12(16)13(5-6-13)8-14-10-7-17-11-4-2-1-3-9(10)11/h1-4,7,14H,5-6,8H2,(H,15,16). The maximum Gasteiger partial charge on any atom is 0.311 e. The molecule has 4 heteroatoms. The van der Waals surface area contributed by atoms with Crippen LogP contribution in [0.15, 0.2) is 34.9 Å². The molecular formula is C13H13NO3. The van der Waals surface area contributed by atoms with Gasteiger partial charge in [-0.2, -0.15) is 0 Å². The van der Waals surface area contributed by atoms with Gasteiger partial charge in [0.15, 0.2) is 0 Å². The Labute approximate surface area is 98.2 Å². The highest BCUT2D eigenvalue weighted by Gasteiger charge is 2.50. The molecule has 0 radical (unpaired) electrons. The zero-order valence-corrected chi connectivity index (χ0v) is 9.27. The van der Waals surface area contributed by atoms with E-state index < -0.39 is 11.4 Å². The maximum absolute atomic E-state index is 11.0. The molecule has 0 bridgehead atoms. The summed E-state index contributed by atoms with van der Waals surface area (Å²) in [5.74, 6) is -0.710. The SMILES string of the molecule is O=C(O)C1(CNc2coc3ccccc23)CC1. The monoisotopic (exact) mass is 231 g/mol. The van der Waals surface area contributed by atoms with Crippen LogP contribution in [0.3, 0.4) is 0 Å². The fraction of sp³-hybridized carbons (Fsp3) is 0.308. The first-order valence-corrected chi connectivity index (χ1v) is 5.65. The van der Waals surface area contributed by atoms with Crippen molar-refractivity contribution in [2.45, 2.75) is 12.8 Å². The molecule has 1 saturated carbocycles. The topological polar surface area (TPSA) is 62.5 Å². The third kappa shape index (κ3) is 1.65. The molecule has 1 aromatic heterocycles. The van der Waals surface area contributed by atoms with Crippen LogP contribution >= 0.6 is 0 Å². The zero-order chi connectivity index (χ0) is 11.9. The highest BCUT2D eigenvalue weighted by molar-refractivity contribution is 5.90. The molecule has 4 nitrogen and oxygen atoms in total. The summed E-state index contributed by atoms with van der Waals surface area (Å²) in [5, 5.41) is 13.3. The van der Waals surface area contributed by atoms with E-state index in [9.17, 15) is 4.79 Å². The van der Waals surface area contributed by atoms with Gasteiger partial charge in [0.25, 0.3) is 0 Å². The van der Waals surface area contributed by atoms with Crippen molar-refractivity contribution >= 4 is 22.6 Å². The van der Waals surface area contributed by atoms with Crippen LogP contribution in [0.4, 0.5) is 5.69 Å². The number of fused-ring (bicyclic) bond motifs is 1. The van der Waals surface area contributed by atoms with E-state index >= 15 is 0 Å². The van der Waals surface area contributed by atoms with Gasteiger partial charge in [-0.3, -0.25) is 4.79 Å². The molecule has 1 aliphatic rings. The lowest BCUT2D eigenvalue weighted by Crippen LogP contribution is -2.24. The van der Waals surface area contributed by atoms with E-state index in [1.807, 2.05) is 24.3 Å². The zero-order valence-electron chi connectivity index (χ0n) is 9.27. The lowest BCUT2D eigenvalue weighted by Gasteiger charge is -2.10. The largest absolute Gasteiger partial charge is 0.481 e. The number of para-hydroxylation sites is 1. The van der Waals surface area contributed by atoms with Crippen molar-refractivity contribution in [2.24, 2.45) is 5.41 Å². The molecule has 0 atom stereocenters. The number of carboxylic acids is 1. The predicted octanol–water partition coefficient (Wildman–Crippen LogP) is 2.71. The summed E-state index contributed by atoms with van der Waals surface area (Å²) < 4.78 is 5.39. The highest BCUT2D eigenvalue weighted by Crippen LogP contribution is 2.46. The Kier molecular flexibility index (Phi) is 2.11. The van der Waals surface area contributed by atoms with Gasteiger partial charge in [0, 0.05) is 11.9 Å². The average Bonchev–Trinajstić information content (AvgIpc) is 3.02. The van der Waals surface area contributed by atoms with Crippen LogP contribution in [0.1, 0.15) is 12.8 Å². The van der Waals surface area contributed by atoms with E-state index in [1.165, 1.54) is 0 Å². The fourth-order valence-electron chi connectivity index (χ4n) is 2.00. The average molecular weight is 231 g/mol. The molecule has 2 aromatic rings. The maximum atomic E-state index is 11.0. The molecule has 1 fully saturated rings. The molecule has 88 valence electrons. The Morgan fingerprint density at radius 2 is 2.18 bits per heavy atom. The van der Waals surface area contributed by atoms with Crippen LogP contribution in [-0.2, 0) is 4.79 Å². The first kappa shape index (κ1) is 10.2. The summed E-state index contributed by atoms with van der Waals surface area (Å²) in [6, 6.07) is 7.70. The van der Waals surface area contributed by atoms with Crippen LogP contribution < -0.4 is 5.32 Å². The molecule has 1 heterocycles.